The molecule has 1 N–H and O–H groups in total. The van der Waals surface area contributed by atoms with Crippen LogP contribution in [0.1, 0.15) is 13.8 Å². The van der Waals surface area contributed by atoms with Gasteiger partial charge in [-0.1, -0.05) is 13.8 Å². The monoisotopic (exact) mass is 218 g/mol. The summed E-state index contributed by atoms with van der Waals surface area (Å²) in [6.07, 6.45) is 0. The summed E-state index contributed by atoms with van der Waals surface area (Å²) in [7, 11) is 4.08. The molecule has 0 saturated carbocycles. The lowest BCUT2D eigenvalue weighted by Crippen LogP contribution is -2.27. The average Bonchev–Trinajstić information content (AvgIpc) is 2.14. The fourth-order valence-electron chi connectivity index (χ4n) is 0.989. The summed E-state index contributed by atoms with van der Waals surface area (Å²) >= 11 is 0. The molecule has 0 fully saturated rings. The summed E-state index contributed by atoms with van der Waals surface area (Å²) in [4.78, 5) is 2.10. The lowest BCUT2D eigenvalue weighted by atomic mass is 10.4. The quantitative estimate of drug-likeness (QED) is 0.544. The third kappa shape index (κ3) is 13.8. The van der Waals surface area contributed by atoms with Crippen LogP contribution in [0.5, 0.6) is 0 Å². The molecule has 0 aromatic heterocycles. The van der Waals surface area contributed by atoms with Crippen molar-refractivity contribution in [1.29, 1.82) is 0 Å². The number of nitrogens with one attached hydrogen (secondary N) is 1. The van der Waals surface area contributed by atoms with Gasteiger partial charge in [-0.05, 0) is 14.1 Å². The fraction of sp³-hybridized carbons (Fsp3) is 1.00. The van der Waals surface area contributed by atoms with Crippen LogP contribution in [-0.2, 0) is 9.47 Å². The van der Waals surface area contributed by atoms with Gasteiger partial charge in [0.25, 0.3) is 0 Å². The van der Waals surface area contributed by atoms with E-state index in [4.69, 9.17) is 9.47 Å². The first kappa shape index (κ1) is 14.8. The molecule has 0 aliphatic rings. The van der Waals surface area contributed by atoms with Gasteiger partial charge in [-0.15, -0.1) is 0 Å². The maximum absolute atomic E-state index is 5.39. The van der Waals surface area contributed by atoms with E-state index >= 15 is 0 Å². The minimum atomic E-state index is 0.532. The Bertz CT molecular complexity index is 116. The van der Waals surface area contributed by atoms with E-state index in [0.29, 0.717) is 19.3 Å². The molecule has 92 valence electrons. The maximum atomic E-state index is 5.39. The van der Waals surface area contributed by atoms with Crippen molar-refractivity contribution in [2.75, 3.05) is 53.6 Å². The van der Waals surface area contributed by atoms with Crippen LogP contribution in [0.4, 0.5) is 0 Å². The third-order valence-electron chi connectivity index (χ3n) is 1.85. The van der Waals surface area contributed by atoms with E-state index in [9.17, 15) is 0 Å². The topological polar surface area (TPSA) is 33.7 Å². The molecule has 0 aliphatic carbocycles. The van der Waals surface area contributed by atoms with E-state index in [1.54, 1.807) is 0 Å². The SMILES string of the molecule is CC(C)NCCOCCOCCN(C)C. The maximum Gasteiger partial charge on any atom is 0.0701 e. The van der Waals surface area contributed by atoms with Crippen molar-refractivity contribution in [3.63, 3.8) is 0 Å². The first-order valence-electron chi connectivity index (χ1n) is 5.66. The van der Waals surface area contributed by atoms with Gasteiger partial charge in [0, 0.05) is 19.1 Å². The smallest absolute Gasteiger partial charge is 0.0701 e. The number of likely N-dealkylation sites (N-methyl/N-ethyl adjacent to an activating group) is 1. The van der Waals surface area contributed by atoms with Crippen molar-refractivity contribution in [2.24, 2.45) is 0 Å². The Morgan fingerprint density at radius 3 is 2.13 bits per heavy atom. The van der Waals surface area contributed by atoms with Crippen molar-refractivity contribution < 1.29 is 9.47 Å². The second-order valence-corrected chi connectivity index (χ2v) is 4.14. The molecule has 0 amide bonds. The molecule has 0 aromatic carbocycles. The normalized spacial score (nSPS) is 11.6. The summed E-state index contributed by atoms with van der Waals surface area (Å²) in [5.74, 6) is 0. The van der Waals surface area contributed by atoms with Crippen LogP contribution in [-0.4, -0.2) is 64.6 Å². The molecule has 0 heterocycles. The van der Waals surface area contributed by atoms with E-state index < -0.39 is 0 Å². The highest BCUT2D eigenvalue weighted by Gasteiger charge is 1.93. The van der Waals surface area contributed by atoms with Crippen molar-refractivity contribution >= 4 is 0 Å². The molecular formula is C11H26N2O2. The van der Waals surface area contributed by atoms with Crippen LogP contribution in [0.3, 0.4) is 0 Å². The first-order valence-corrected chi connectivity index (χ1v) is 5.66. The first-order chi connectivity index (χ1) is 7.13. The second kappa shape index (κ2) is 10.4. The summed E-state index contributed by atoms with van der Waals surface area (Å²) < 4.78 is 10.8. The lowest BCUT2D eigenvalue weighted by molar-refractivity contribution is 0.0434. The van der Waals surface area contributed by atoms with Crippen molar-refractivity contribution in [2.45, 2.75) is 19.9 Å². The van der Waals surface area contributed by atoms with Gasteiger partial charge in [-0.2, -0.15) is 0 Å². The summed E-state index contributed by atoms with van der Waals surface area (Å²) in [5, 5.41) is 3.29. The predicted octanol–water partition coefficient (Wildman–Crippen LogP) is 0.579. The molecule has 0 aromatic rings. The summed E-state index contributed by atoms with van der Waals surface area (Å²) in [6, 6.07) is 0.532. The second-order valence-electron chi connectivity index (χ2n) is 4.14. The van der Waals surface area contributed by atoms with Gasteiger partial charge >= 0.3 is 0 Å². The van der Waals surface area contributed by atoms with Crippen molar-refractivity contribution in [1.82, 2.24) is 10.2 Å². The van der Waals surface area contributed by atoms with Gasteiger partial charge in [-0.25, -0.2) is 0 Å². The molecule has 4 heteroatoms. The molecular weight excluding hydrogens is 192 g/mol. The number of ether oxygens (including phenoxy) is 2. The minimum Gasteiger partial charge on any atom is -0.378 e. The van der Waals surface area contributed by atoms with Gasteiger partial charge in [0.1, 0.15) is 0 Å². The zero-order chi connectivity index (χ0) is 11.5. The molecule has 0 atom stereocenters. The standard InChI is InChI=1S/C11H26N2O2/c1-11(2)12-5-7-14-9-10-15-8-6-13(3)4/h11-12H,5-10H2,1-4H3. The number of nitrogens with zero attached hydrogens (tertiary/aromatic N) is 1. The molecule has 0 rings (SSSR count). The van der Waals surface area contributed by atoms with Crippen molar-refractivity contribution in [3.05, 3.63) is 0 Å². The molecule has 15 heavy (non-hydrogen) atoms. The largest absolute Gasteiger partial charge is 0.378 e. The van der Waals surface area contributed by atoms with E-state index in [0.717, 1.165) is 26.3 Å². The van der Waals surface area contributed by atoms with E-state index in [1.165, 1.54) is 0 Å². The highest BCUT2D eigenvalue weighted by Crippen LogP contribution is 1.81. The zero-order valence-corrected chi connectivity index (χ0v) is 10.6. The number of rotatable bonds is 10. The molecule has 0 saturated heterocycles. The Labute approximate surface area is 93.9 Å². The summed E-state index contributed by atoms with van der Waals surface area (Å²) in [6.45, 7) is 9.05. The number of hydrogen-bond acceptors (Lipinski definition) is 4. The molecule has 0 spiro atoms. The van der Waals surface area contributed by atoms with Crippen molar-refractivity contribution in [3.8, 4) is 0 Å². The Morgan fingerprint density at radius 2 is 1.60 bits per heavy atom. The van der Waals surface area contributed by atoms with Crippen LogP contribution < -0.4 is 5.32 Å². The van der Waals surface area contributed by atoms with Gasteiger partial charge < -0.3 is 19.7 Å². The molecule has 0 radical (unpaired) electrons. The van der Waals surface area contributed by atoms with Crippen LogP contribution in [0.15, 0.2) is 0 Å². The Kier molecular flexibility index (Phi) is 10.3. The fourth-order valence-corrected chi connectivity index (χ4v) is 0.989. The van der Waals surface area contributed by atoms with Crippen LogP contribution >= 0.6 is 0 Å². The Hall–Kier alpha value is -0.160. The van der Waals surface area contributed by atoms with E-state index in [-0.39, 0.29) is 0 Å². The van der Waals surface area contributed by atoms with Gasteiger partial charge in [0.2, 0.25) is 0 Å². The lowest BCUT2D eigenvalue weighted by Gasteiger charge is -2.10. The zero-order valence-electron chi connectivity index (χ0n) is 10.6. The highest BCUT2D eigenvalue weighted by molar-refractivity contribution is 4.50. The summed E-state index contributed by atoms with van der Waals surface area (Å²) in [5.41, 5.74) is 0. The Morgan fingerprint density at radius 1 is 1.00 bits per heavy atom. The number of hydrogen-bond donors (Lipinski definition) is 1. The molecule has 0 aliphatic heterocycles. The van der Waals surface area contributed by atoms with Gasteiger partial charge in [-0.3, -0.25) is 0 Å². The van der Waals surface area contributed by atoms with E-state index in [1.807, 2.05) is 14.1 Å². The van der Waals surface area contributed by atoms with Crippen LogP contribution in [0.25, 0.3) is 0 Å². The van der Waals surface area contributed by atoms with Crippen LogP contribution in [0.2, 0.25) is 0 Å². The van der Waals surface area contributed by atoms with Gasteiger partial charge in [0.05, 0.1) is 26.4 Å². The minimum absolute atomic E-state index is 0.532. The molecule has 0 bridgehead atoms. The third-order valence-corrected chi connectivity index (χ3v) is 1.85. The Balaban J connectivity index is 2.93. The highest BCUT2D eigenvalue weighted by atomic mass is 16.5. The van der Waals surface area contributed by atoms with Crippen LogP contribution in [0, 0.1) is 0 Å². The van der Waals surface area contributed by atoms with Gasteiger partial charge in [0.15, 0.2) is 0 Å². The molecule has 4 nitrogen and oxygen atoms in total. The van der Waals surface area contributed by atoms with E-state index in [2.05, 4.69) is 24.1 Å². The molecule has 0 unspecified atom stereocenters. The average molecular weight is 218 g/mol. The predicted molar refractivity (Wildman–Crippen MR) is 63.3 cm³/mol.